The van der Waals surface area contributed by atoms with E-state index in [0.29, 0.717) is 0 Å². The first-order valence-corrected chi connectivity index (χ1v) is 3.19. The molecule has 1 radical (unpaired) electrons. The van der Waals surface area contributed by atoms with Crippen LogP contribution >= 0.6 is 0 Å². The van der Waals surface area contributed by atoms with E-state index in [9.17, 15) is 0 Å². The molecular weight excluding hydrogens is 98.1 g/mol. The number of hydrogen-bond acceptors (Lipinski definition) is 0. The van der Waals surface area contributed by atoms with Crippen molar-refractivity contribution in [3.63, 3.8) is 0 Å². The Morgan fingerprint density at radius 3 is 2.75 bits per heavy atom. The van der Waals surface area contributed by atoms with Crippen molar-refractivity contribution in [1.82, 2.24) is 5.32 Å². The largest absolute Gasteiger partial charge is 0.294 e. The second-order valence-corrected chi connectivity index (χ2v) is 1.74. The lowest BCUT2D eigenvalue weighted by Crippen LogP contribution is -1.96. The van der Waals surface area contributed by atoms with Crippen molar-refractivity contribution in [2.75, 3.05) is 6.54 Å². The van der Waals surface area contributed by atoms with Crippen LogP contribution in [0.25, 0.3) is 0 Å². The minimum absolute atomic E-state index is 0.987. The Hall–Kier alpha value is -0.460. The first-order valence-electron chi connectivity index (χ1n) is 3.19. The maximum Gasteiger partial charge on any atom is 0.0389 e. The molecule has 0 atom stereocenters. The number of nitrogens with zero attached hydrogens (tertiary/aromatic N) is 1. The van der Waals surface area contributed by atoms with Crippen LogP contribution in [-0.2, 0) is 0 Å². The van der Waals surface area contributed by atoms with Gasteiger partial charge in [0.25, 0.3) is 0 Å². The highest BCUT2D eigenvalue weighted by Gasteiger charge is 1.77. The highest BCUT2D eigenvalue weighted by atomic mass is 14.8. The molecule has 8 heavy (non-hydrogen) atoms. The summed E-state index contributed by atoms with van der Waals surface area (Å²) in [6.07, 6.45) is 6.26. The molecule has 0 N–H and O–H groups in total. The third kappa shape index (κ3) is 5.54. The van der Waals surface area contributed by atoms with E-state index in [0.717, 1.165) is 6.54 Å². The fraction of sp³-hybridized carbons (Fsp3) is 0.714. The molecule has 1 nitrogen and oxygen atoms in total. The molecule has 0 rings (SSSR count). The van der Waals surface area contributed by atoms with E-state index >= 15 is 0 Å². The summed E-state index contributed by atoms with van der Waals surface area (Å²) in [7, 11) is 0. The molecule has 0 spiro atoms. The van der Waals surface area contributed by atoms with Gasteiger partial charge < -0.3 is 0 Å². The Labute approximate surface area is 51.8 Å². The molecule has 1 heteroatoms. The van der Waals surface area contributed by atoms with Crippen molar-refractivity contribution < 1.29 is 0 Å². The lowest BCUT2D eigenvalue weighted by molar-refractivity contribution is 0.726. The third-order valence-electron chi connectivity index (χ3n) is 0.895. The average Bonchev–Trinajstić information content (AvgIpc) is 1.81. The van der Waals surface area contributed by atoms with E-state index in [2.05, 4.69) is 12.2 Å². The molecule has 0 saturated heterocycles. The summed E-state index contributed by atoms with van der Waals surface area (Å²) >= 11 is 0. The monoisotopic (exact) mass is 112 g/mol. The maximum atomic E-state index is 4.10. The molecule has 0 saturated carbocycles. The summed E-state index contributed by atoms with van der Waals surface area (Å²) in [4.78, 5) is 0. The normalized spacial score (nSPS) is 10.2. The zero-order valence-electron chi connectivity index (χ0n) is 5.72. The minimum atomic E-state index is 0.987. The lowest BCUT2D eigenvalue weighted by atomic mass is 10.3. The summed E-state index contributed by atoms with van der Waals surface area (Å²) in [6, 6.07) is 0. The van der Waals surface area contributed by atoms with Crippen LogP contribution in [0.4, 0.5) is 0 Å². The SMILES string of the molecule is C/C=C\[N]CCCC. The average molecular weight is 112 g/mol. The van der Waals surface area contributed by atoms with Crippen LogP contribution in [0.5, 0.6) is 0 Å². The summed E-state index contributed by atoms with van der Waals surface area (Å²) in [5.41, 5.74) is 0. The van der Waals surface area contributed by atoms with Crippen LogP contribution in [-0.4, -0.2) is 6.54 Å². The Morgan fingerprint density at radius 2 is 2.25 bits per heavy atom. The van der Waals surface area contributed by atoms with Crippen LogP contribution < -0.4 is 5.32 Å². The zero-order chi connectivity index (χ0) is 6.24. The Kier molecular flexibility index (Phi) is 6.16. The number of allylic oxidation sites excluding steroid dienone is 1. The highest BCUT2D eigenvalue weighted by molar-refractivity contribution is 4.72. The Morgan fingerprint density at radius 1 is 1.50 bits per heavy atom. The minimum Gasteiger partial charge on any atom is -0.294 e. The van der Waals surface area contributed by atoms with E-state index < -0.39 is 0 Å². The molecule has 0 aromatic rings. The first-order chi connectivity index (χ1) is 3.91. The lowest BCUT2D eigenvalue weighted by Gasteiger charge is -1.90. The molecule has 0 amide bonds. The van der Waals surface area contributed by atoms with Crippen LogP contribution in [0.2, 0.25) is 0 Å². The van der Waals surface area contributed by atoms with Gasteiger partial charge in [-0.2, -0.15) is 0 Å². The van der Waals surface area contributed by atoms with Crippen molar-refractivity contribution >= 4 is 0 Å². The molecule has 0 heterocycles. The van der Waals surface area contributed by atoms with Crippen molar-refractivity contribution in [3.05, 3.63) is 12.3 Å². The standard InChI is InChI=1S/C7H14N/c1-3-5-7-8-6-4-2/h4,6H,3,5,7H2,1-2H3/b6-4-. The van der Waals surface area contributed by atoms with Gasteiger partial charge in [0, 0.05) is 12.7 Å². The van der Waals surface area contributed by atoms with Crippen LogP contribution in [0.3, 0.4) is 0 Å². The van der Waals surface area contributed by atoms with Crippen LogP contribution in [0.15, 0.2) is 12.3 Å². The van der Waals surface area contributed by atoms with E-state index in [1.54, 1.807) is 0 Å². The van der Waals surface area contributed by atoms with Crippen LogP contribution in [0.1, 0.15) is 26.7 Å². The molecule has 0 bridgehead atoms. The van der Waals surface area contributed by atoms with E-state index in [-0.39, 0.29) is 0 Å². The third-order valence-corrected chi connectivity index (χ3v) is 0.895. The van der Waals surface area contributed by atoms with Gasteiger partial charge in [-0.05, 0) is 13.3 Å². The van der Waals surface area contributed by atoms with Gasteiger partial charge in [-0.25, -0.2) is 0 Å². The zero-order valence-corrected chi connectivity index (χ0v) is 5.72. The van der Waals surface area contributed by atoms with Gasteiger partial charge in [-0.3, -0.25) is 5.32 Å². The van der Waals surface area contributed by atoms with Gasteiger partial charge in [0.15, 0.2) is 0 Å². The molecule has 0 aromatic carbocycles. The van der Waals surface area contributed by atoms with E-state index in [1.807, 2.05) is 19.2 Å². The molecular formula is C7H14N. The molecule has 0 aliphatic rings. The molecule has 0 fully saturated rings. The number of hydrogen-bond donors (Lipinski definition) is 0. The van der Waals surface area contributed by atoms with Crippen molar-refractivity contribution in [3.8, 4) is 0 Å². The van der Waals surface area contributed by atoms with Gasteiger partial charge in [0.2, 0.25) is 0 Å². The summed E-state index contributed by atoms with van der Waals surface area (Å²) in [6.45, 7) is 5.14. The number of unbranched alkanes of at least 4 members (excludes halogenated alkanes) is 1. The Bertz CT molecular complexity index is 57.4. The molecule has 47 valence electrons. The molecule has 0 aliphatic heterocycles. The van der Waals surface area contributed by atoms with Crippen molar-refractivity contribution in [1.29, 1.82) is 0 Å². The predicted octanol–water partition coefficient (Wildman–Crippen LogP) is 1.92. The fourth-order valence-corrected chi connectivity index (χ4v) is 0.429. The molecule has 0 aromatic heterocycles. The summed E-state index contributed by atoms with van der Waals surface area (Å²) in [5.74, 6) is 0. The smallest absolute Gasteiger partial charge is 0.0389 e. The van der Waals surface area contributed by atoms with Gasteiger partial charge in [0.1, 0.15) is 0 Å². The van der Waals surface area contributed by atoms with Gasteiger partial charge >= 0.3 is 0 Å². The summed E-state index contributed by atoms with van der Waals surface area (Å²) < 4.78 is 0. The fourth-order valence-electron chi connectivity index (χ4n) is 0.429. The van der Waals surface area contributed by atoms with E-state index in [1.165, 1.54) is 12.8 Å². The summed E-state index contributed by atoms with van der Waals surface area (Å²) in [5, 5.41) is 4.10. The topological polar surface area (TPSA) is 14.1 Å². The highest BCUT2D eigenvalue weighted by Crippen LogP contribution is 1.82. The number of rotatable bonds is 4. The quantitative estimate of drug-likeness (QED) is 0.493. The van der Waals surface area contributed by atoms with Crippen molar-refractivity contribution in [2.45, 2.75) is 26.7 Å². The van der Waals surface area contributed by atoms with E-state index in [4.69, 9.17) is 0 Å². The molecule has 0 aliphatic carbocycles. The maximum absolute atomic E-state index is 4.10. The van der Waals surface area contributed by atoms with Gasteiger partial charge in [-0.1, -0.05) is 19.4 Å². The predicted molar refractivity (Wildman–Crippen MR) is 36.7 cm³/mol. The van der Waals surface area contributed by atoms with Crippen LogP contribution in [0, 0.1) is 0 Å². The molecule has 0 unspecified atom stereocenters. The first kappa shape index (κ1) is 7.54. The second kappa shape index (κ2) is 6.54. The van der Waals surface area contributed by atoms with Gasteiger partial charge in [0.05, 0.1) is 0 Å². The Balaban J connectivity index is 2.72. The second-order valence-electron chi connectivity index (χ2n) is 1.74. The van der Waals surface area contributed by atoms with Gasteiger partial charge in [-0.15, -0.1) is 0 Å². The van der Waals surface area contributed by atoms with Crippen molar-refractivity contribution in [2.24, 2.45) is 0 Å².